The maximum Gasteiger partial charge on any atom is 0.140 e. The van der Waals surface area contributed by atoms with E-state index >= 15 is 0 Å². The van der Waals surface area contributed by atoms with Crippen molar-refractivity contribution in [2.45, 2.75) is 10.8 Å². The van der Waals surface area contributed by atoms with Crippen molar-refractivity contribution in [1.82, 2.24) is 0 Å². The van der Waals surface area contributed by atoms with Crippen molar-refractivity contribution in [3.8, 4) is 44.9 Å². The van der Waals surface area contributed by atoms with E-state index in [2.05, 4.69) is 217 Å². The summed E-state index contributed by atoms with van der Waals surface area (Å²) in [6, 6.07) is 78.2. The molecule has 0 aromatic heterocycles. The Labute approximate surface area is 337 Å². The van der Waals surface area contributed by atoms with E-state index < -0.39 is 10.8 Å². The smallest absolute Gasteiger partial charge is 0.140 e. The fourth-order valence-corrected chi connectivity index (χ4v) is 11.3. The van der Waals surface area contributed by atoms with Crippen LogP contribution in [0.3, 0.4) is 0 Å². The predicted octanol–water partition coefficient (Wildman–Crippen LogP) is 14.0. The first-order chi connectivity index (χ1) is 28.8. The molecule has 0 fully saturated rings. The van der Waals surface area contributed by atoms with Crippen molar-refractivity contribution in [3.05, 3.63) is 257 Å². The molecule has 270 valence electrons. The summed E-state index contributed by atoms with van der Waals surface area (Å²) in [6.07, 6.45) is 0. The summed E-state index contributed by atoms with van der Waals surface area (Å²) < 4.78 is 7.43. The van der Waals surface area contributed by atoms with Gasteiger partial charge in [0.05, 0.1) is 10.8 Å². The lowest BCUT2D eigenvalue weighted by molar-refractivity contribution is 0.437. The van der Waals surface area contributed by atoms with E-state index in [4.69, 9.17) is 4.74 Å². The standard InChI is InChI=1S/C56H35NO/c1-3-17-36(18-4-1)57(37-19-5-2-6-20-37)38-31-32-48-43(35-38)53-50(55(48)44-25-11-7-21-39(44)40-22-8-12-26-45(40)55)33-34-51-54(53)58-52-30-16-15-29-49(52)56(51)46-27-13-9-23-41(46)42-24-10-14-28-47(42)56/h1-35H. The molecule has 58 heavy (non-hydrogen) atoms. The van der Waals surface area contributed by atoms with Gasteiger partial charge in [-0.1, -0.05) is 170 Å². The third-order valence-electron chi connectivity index (χ3n) is 13.3. The fraction of sp³-hybridized carbons (Fsp3) is 0.0357. The summed E-state index contributed by atoms with van der Waals surface area (Å²) >= 11 is 0. The number of hydrogen-bond donors (Lipinski definition) is 0. The fourth-order valence-electron chi connectivity index (χ4n) is 11.3. The average molecular weight is 738 g/mol. The molecule has 0 unspecified atom stereocenters. The van der Waals surface area contributed by atoms with Gasteiger partial charge in [0.2, 0.25) is 0 Å². The zero-order valence-corrected chi connectivity index (χ0v) is 31.6. The minimum absolute atomic E-state index is 0.533. The van der Waals surface area contributed by atoms with E-state index in [0.717, 1.165) is 34.1 Å². The molecule has 0 saturated heterocycles. The van der Waals surface area contributed by atoms with Crippen LogP contribution in [0, 0.1) is 0 Å². The first-order valence-electron chi connectivity index (χ1n) is 20.2. The Bertz CT molecular complexity index is 3030. The van der Waals surface area contributed by atoms with Crippen molar-refractivity contribution < 1.29 is 4.74 Å². The number of rotatable bonds is 3. The third kappa shape index (κ3) is 3.82. The van der Waals surface area contributed by atoms with Crippen molar-refractivity contribution in [1.29, 1.82) is 0 Å². The molecular formula is C56H35NO. The number of ether oxygens (including phenoxy) is 1. The van der Waals surface area contributed by atoms with Gasteiger partial charge >= 0.3 is 0 Å². The Balaban J connectivity index is 1.18. The molecule has 9 aromatic rings. The lowest BCUT2D eigenvalue weighted by Gasteiger charge is -2.40. The van der Waals surface area contributed by atoms with Gasteiger partial charge in [-0.15, -0.1) is 0 Å². The Hall–Kier alpha value is -7.42. The van der Waals surface area contributed by atoms with Crippen LogP contribution in [0.1, 0.15) is 44.5 Å². The van der Waals surface area contributed by atoms with Crippen molar-refractivity contribution in [2.24, 2.45) is 0 Å². The summed E-state index contributed by atoms with van der Waals surface area (Å²) in [5, 5.41) is 0. The van der Waals surface area contributed by atoms with Gasteiger partial charge < -0.3 is 9.64 Å². The second-order valence-corrected chi connectivity index (χ2v) is 15.9. The van der Waals surface area contributed by atoms with Crippen molar-refractivity contribution in [3.63, 3.8) is 0 Å². The van der Waals surface area contributed by atoms with E-state index in [0.29, 0.717) is 0 Å². The zero-order chi connectivity index (χ0) is 38.0. The molecule has 0 radical (unpaired) electrons. The van der Waals surface area contributed by atoms with Gasteiger partial charge in [0, 0.05) is 33.8 Å². The lowest BCUT2D eigenvalue weighted by Crippen LogP contribution is -2.33. The first-order valence-corrected chi connectivity index (χ1v) is 20.2. The van der Waals surface area contributed by atoms with Crippen LogP contribution in [-0.4, -0.2) is 0 Å². The Morgan fingerprint density at radius 1 is 0.293 bits per heavy atom. The van der Waals surface area contributed by atoms with Gasteiger partial charge in [-0.25, -0.2) is 0 Å². The molecule has 9 aromatic carbocycles. The third-order valence-corrected chi connectivity index (χ3v) is 13.3. The van der Waals surface area contributed by atoms with Gasteiger partial charge in [-0.05, 0) is 104 Å². The van der Waals surface area contributed by atoms with Gasteiger partial charge in [-0.2, -0.15) is 0 Å². The molecule has 3 aliphatic carbocycles. The van der Waals surface area contributed by atoms with E-state index in [1.807, 2.05) is 0 Å². The molecule has 1 aliphatic heterocycles. The molecule has 0 atom stereocenters. The molecular weight excluding hydrogens is 703 g/mol. The molecule has 2 nitrogen and oxygen atoms in total. The SMILES string of the molecule is c1ccc(N(c2ccccc2)c2ccc3c(c2)-c2c(ccc4c2Oc2ccccc2C42c4ccccc4-c4ccccc42)C32c3ccccc3-c3ccccc32)cc1. The summed E-state index contributed by atoms with van der Waals surface area (Å²) in [4.78, 5) is 2.37. The molecule has 4 aliphatic rings. The predicted molar refractivity (Wildman–Crippen MR) is 235 cm³/mol. The van der Waals surface area contributed by atoms with E-state index in [9.17, 15) is 0 Å². The van der Waals surface area contributed by atoms with Gasteiger partial charge in [0.15, 0.2) is 0 Å². The molecule has 0 bridgehead atoms. The van der Waals surface area contributed by atoms with Crippen LogP contribution in [0.25, 0.3) is 33.4 Å². The molecule has 2 heteroatoms. The van der Waals surface area contributed by atoms with Crippen LogP contribution >= 0.6 is 0 Å². The number of fused-ring (bicyclic) bond motifs is 20. The lowest BCUT2D eigenvalue weighted by atomic mass is 9.65. The molecule has 1 heterocycles. The Morgan fingerprint density at radius 2 is 0.690 bits per heavy atom. The second-order valence-electron chi connectivity index (χ2n) is 15.9. The van der Waals surface area contributed by atoms with Crippen LogP contribution in [0.4, 0.5) is 17.1 Å². The quantitative estimate of drug-likeness (QED) is 0.179. The normalized spacial score (nSPS) is 14.6. The molecule has 2 spiro atoms. The molecule has 13 rings (SSSR count). The van der Waals surface area contributed by atoms with Gasteiger partial charge in [0.1, 0.15) is 11.5 Å². The van der Waals surface area contributed by atoms with E-state index in [-0.39, 0.29) is 0 Å². The minimum Gasteiger partial charge on any atom is -0.456 e. The van der Waals surface area contributed by atoms with E-state index in [1.54, 1.807) is 0 Å². The summed E-state index contributed by atoms with van der Waals surface area (Å²) in [5.74, 6) is 1.83. The van der Waals surface area contributed by atoms with E-state index in [1.165, 1.54) is 72.3 Å². The van der Waals surface area contributed by atoms with Crippen molar-refractivity contribution >= 4 is 17.1 Å². The van der Waals surface area contributed by atoms with Crippen molar-refractivity contribution in [2.75, 3.05) is 4.90 Å². The van der Waals surface area contributed by atoms with Gasteiger partial charge in [-0.3, -0.25) is 0 Å². The maximum absolute atomic E-state index is 7.43. The number of para-hydroxylation sites is 3. The molecule has 0 amide bonds. The van der Waals surface area contributed by atoms with Gasteiger partial charge in [0.25, 0.3) is 0 Å². The largest absolute Gasteiger partial charge is 0.456 e. The Morgan fingerprint density at radius 3 is 1.22 bits per heavy atom. The number of nitrogens with zero attached hydrogens (tertiary/aromatic N) is 1. The Kier molecular flexibility index (Phi) is 6.33. The zero-order valence-electron chi connectivity index (χ0n) is 31.6. The topological polar surface area (TPSA) is 12.5 Å². The molecule has 0 N–H and O–H groups in total. The second kappa shape index (κ2) is 11.6. The van der Waals surface area contributed by atoms with Crippen LogP contribution in [0.15, 0.2) is 212 Å². The minimum atomic E-state index is -0.564. The van der Waals surface area contributed by atoms with Crippen LogP contribution in [-0.2, 0) is 10.8 Å². The highest BCUT2D eigenvalue weighted by atomic mass is 16.5. The maximum atomic E-state index is 7.43. The molecule has 0 saturated carbocycles. The van der Waals surface area contributed by atoms with Crippen LogP contribution in [0.5, 0.6) is 11.5 Å². The van der Waals surface area contributed by atoms with Crippen LogP contribution < -0.4 is 9.64 Å². The first kappa shape index (κ1) is 31.7. The highest BCUT2D eigenvalue weighted by Crippen LogP contribution is 2.69. The number of hydrogen-bond acceptors (Lipinski definition) is 2. The number of benzene rings is 9. The number of anilines is 3. The highest BCUT2D eigenvalue weighted by Gasteiger charge is 2.56. The summed E-state index contributed by atoms with van der Waals surface area (Å²) in [5.41, 5.74) is 19.8. The average Bonchev–Trinajstić information content (AvgIpc) is 3.88. The summed E-state index contributed by atoms with van der Waals surface area (Å²) in [6.45, 7) is 0. The highest BCUT2D eigenvalue weighted by molar-refractivity contribution is 6.00. The monoisotopic (exact) mass is 737 g/mol. The van der Waals surface area contributed by atoms with Crippen LogP contribution in [0.2, 0.25) is 0 Å². The summed E-state index contributed by atoms with van der Waals surface area (Å²) in [7, 11) is 0.